The molecule has 2 aliphatic heterocycles. The minimum atomic E-state index is -0.829. The Morgan fingerprint density at radius 1 is 1.14 bits per heavy atom. The predicted molar refractivity (Wildman–Crippen MR) is 109 cm³/mol. The number of aromatic nitrogens is 1. The maximum absolute atomic E-state index is 13.2. The van der Waals surface area contributed by atoms with Crippen molar-refractivity contribution >= 4 is 28.7 Å². The van der Waals surface area contributed by atoms with Crippen LogP contribution in [0, 0.1) is 5.92 Å². The summed E-state index contributed by atoms with van der Waals surface area (Å²) in [7, 11) is 1.55. The molecule has 0 radical (unpaired) electrons. The number of likely N-dealkylation sites (tertiary alicyclic amines) is 1. The molecule has 152 valence electrons. The van der Waals surface area contributed by atoms with Gasteiger partial charge in [-0.1, -0.05) is 32.0 Å². The molecular formula is C22H26N4O3. The molecule has 1 aromatic carbocycles. The van der Waals surface area contributed by atoms with Gasteiger partial charge < -0.3 is 9.80 Å². The smallest absolute Gasteiger partial charge is 0.327 e. The minimum absolute atomic E-state index is 0.0790. The molecule has 0 N–H and O–H groups in total. The van der Waals surface area contributed by atoms with Gasteiger partial charge in [0.1, 0.15) is 5.54 Å². The quantitative estimate of drug-likeness (QED) is 0.751. The summed E-state index contributed by atoms with van der Waals surface area (Å²) < 4.78 is 0. The summed E-state index contributed by atoms with van der Waals surface area (Å²) in [5.74, 6) is 0.0308. The maximum atomic E-state index is 13.2. The molecule has 0 bridgehead atoms. The highest BCUT2D eigenvalue weighted by Gasteiger charge is 2.57. The predicted octanol–water partition coefficient (Wildman–Crippen LogP) is 2.76. The van der Waals surface area contributed by atoms with Crippen LogP contribution in [-0.2, 0) is 4.79 Å². The van der Waals surface area contributed by atoms with E-state index in [0.29, 0.717) is 43.6 Å². The zero-order chi connectivity index (χ0) is 20.8. The standard InChI is InChI=1S/C22H26N4O3/c1-15(2)14-26-21(29)24(3)20(28)22(26)9-12-25(13-10-22)19(27)17-8-4-6-16-7-5-11-23-18(16)17/h4-8,11,15H,9-10,12-14H2,1-3H3. The summed E-state index contributed by atoms with van der Waals surface area (Å²) in [4.78, 5) is 47.9. The highest BCUT2D eigenvalue weighted by atomic mass is 16.2. The van der Waals surface area contributed by atoms with Gasteiger partial charge >= 0.3 is 6.03 Å². The van der Waals surface area contributed by atoms with Gasteiger partial charge in [-0.05, 0) is 30.9 Å². The van der Waals surface area contributed by atoms with Crippen LogP contribution < -0.4 is 0 Å². The van der Waals surface area contributed by atoms with Crippen molar-refractivity contribution in [2.24, 2.45) is 5.92 Å². The zero-order valence-corrected chi connectivity index (χ0v) is 17.1. The molecule has 1 spiro atoms. The number of rotatable bonds is 3. The molecular weight excluding hydrogens is 368 g/mol. The number of pyridine rings is 1. The minimum Gasteiger partial charge on any atom is -0.338 e. The first-order valence-electron chi connectivity index (χ1n) is 10.1. The highest BCUT2D eigenvalue weighted by molar-refractivity contribution is 6.08. The summed E-state index contributed by atoms with van der Waals surface area (Å²) in [5, 5.41) is 0.924. The fraction of sp³-hybridized carbons (Fsp3) is 0.455. The molecule has 7 heteroatoms. The first-order valence-corrected chi connectivity index (χ1v) is 10.1. The number of piperidine rings is 1. The van der Waals surface area contributed by atoms with E-state index in [0.717, 1.165) is 5.39 Å². The van der Waals surface area contributed by atoms with Gasteiger partial charge in [-0.2, -0.15) is 0 Å². The molecule has 2 aliphatic rings. The number of carbonyl (C=O) groups is 3. The lowest BCUT2D eigenvalue weighted by molar-refractivity contribution is -0.134. The van der Waals surface area contributed by atoms with Gasteiger partial charge in [0.15, 0.2) is 0 Å². The molecule has 2 saturated heterocycles. The van der Waals surface area contributed by atoms with Crippen LogP contribution in [0.5, 0.6) is 0 Å². The second kappa shape index (κ2) is 7.13. The lowest BCUT2D eigenvalue weighted by Gasteiger charge is -2.42. The van der Waals surface area contributed by atoms with Crippen LogP contribution in [0.2, 0.25) is 0 Å². The van der Waals surface area contributed by atoms with Crippen LogP contribution >= 0.6 is 0 Å². The lowest BCUT2D eigenvalue weighted by atomic mass is 9.85. The van der Waals surface area contributed by atoms with Gasteiger partial charge in [-0.3, -0.25) is 19.5 Å². The molecule has 0 saturated carbocycles. The lowest BCUT2D eigenvalue weighted by Crippen LogP contribution is -2.58. The zero-order valence-electron chi connectivity index (χ0n) is 17.1. The van der Waals surface area contributed by atoms with Crippen LogP contribution in [0.3, 0.4) is 0 Å². The third kappa shape index (κ3) is 3.05. The number of likely N-dealkylation sites (N-methyl/N-ethyl adjacent to an activating group) is 1. The Morgan fingerprint density at radius 3 is 2.52 bits per heavy atom. The molecule has 1 aromatic heterocycles. The van der Waals surface area contributed by atoms with Crippen LogP contribution in [0.4, 0.5) is 4.79 Å². The van der Waals surface area contributed by atoms with E-state index in [2.05, 4.69) is 4.98 Å². The number of nitrogens with zero attached hydrogens (tertiary/aromatic N) is 4. The van der Waals surface area contributed by atoms with Gasteiger partial charge in [-0.15, -0.1) is 0 Å². The Kier molecular flexibility index (Phi) is 4.76. The molecule has 7 nitrogen and oxygen atoms in total. The van der Waals surface area contributed by atoms with Crippen molar-refractivity contribution in [2.75, 3.05) is 26.7 Å². The van der Waals surface area contributed by atoms with Crippen molar-refractivity contribution in [3.63, 3.8) is 0 Å². The molecule has 2 aromatic rings. The second-order valence-electron chi connectivity index (χ2n) is 8.36. The van der Waals surface area contributed by atoms with Crippen molar-refractivity contribution < 1.29 is 14.4 Å². The summed E-state index contributed by atoms with van der Waals surface area (Å²) >= 11 is 0. The Balaban J connectivity index is 1.57. The van der Waals surface area contributed by atoms with E-state index in [4.69, 9.17) is 0 Å². The number of urea groups is 1. The average molecular weight is 394 g/mol. The molecule has 4 amide bonds. The van der Waals surface area contributed by atoms with Crippen LogP contribution in [-0.4, -0.2) is 69.8 Å². The van der Waals surface area contributed by atoms with E-state index >= 15 is 0 Å². The normalized spacial score (nSPS) is 19.1. The van der Waals surface area contributed by atoms with Crippen molar-refractivity contribution in [1.82, 2.24) is 19.7 Å². The fourth-order valence-electron chi connectivity index (χ4n) is 4.51. The SMILES string of the molecule is CC(C)CN1C(=O)N(C)C(=O)C12CCN(C(=O)c1cccc3cccnc13)CC2. The molecule has 0 aliphatic carbocycles. The van der Waals surface area contributed by atoms with E-state index in [1.54, 1.807) is 29.1 Å². The number of hydrogen-bond acceptors (Lipinski definition) is 4. The number of carbonyl (C=O) groups excluding carboxylic acids is 3. The first-order chi connectivity index (χ1) is 13.8. The van der Waals surface area contributed by atoms with E-state index in [1.807, 2.05) is 38.1 Å². The van der Waals surface area contributed by atoms with Crippen molar-refractivity contribution in [3.05, 3.63) is 42.1 Å². The monoisotopic (exact) mass is 394 g/mol. The molecule has 3 heterocycles. The van der Waals surface area contributed by atoms with E-state index < -0.39 is 5.54 Å². The van der Waals surface area contributed by atoms with Gasteiger partial charge in [0.25, 0.3) is 11.8 Å². The van der Waals surface area contributed by atoms with Gasteiger partial charge in [0.2, 0.25) is 0 Å². The maximum Gasteiger partial charge on any atom is 0.327 e. The van der Waals surface area contributed by atoms with E-state index in [-0.39, 0.29) is 23.8 Å². The number of amides is 4. The molecule has 29 heavy (non-hydrogen) atoms. The Labute approximate surface area is 170 Å². The topological polar surface area (TPSA) is 73.8 Å². The summed E-state index contributed by atoms with van der Waals surface area (Å²) in [5.41, 5.74) is 0.432. The van der Waals surface area contributed by atoms with Crippen molar-refractivity contribution in [3.8, 4) is 0 Å². The third-order valence-electron chi connectivity index (χ3n) is 6.03. The molecule has 2 fully saturated rings. The fourth-order valence-corrected chi connectivity index (χ4v) is 4.51. The van der Waals surface area contributed by atoms with Gasteiger partial charge in [-0.25, -0.2) is 4.79 Å². The summed E-state index contributed by atoms with van der Waals surface area (Å²) in [6.45, 7) is 5.48. The average Bonchev–Trinajstić information content (AvgIpc) is 2.89. The number of benzene rings is 1. The highest BCUT2D eigenvalue weighted by Crippen LogP contribution is 2.37. The number of hydrogen-bond donors (Lipinski definition) is 0. The molecule has 0 atom stereocenters. The van der Waals surface area contributed by atoms with Gasteiger partial charge in [0.05, 0.1) is 11.1 Å². The summed E-state index contributed by atoms with van der Waals surface area (Å²) in [6.07, 6.45) is 2.60. The first kappa shape index (κ1) is 19.4. The largest absolute Gasteiger partial charge is 0.338 e. The number of fused-ring (bicyclic) bond motifs is 1. The second-order valence-corrected chi connectivity index (χ2v) is 8.36. The molecule has 0 unspecified atom stereocenters. The number of para-hydroxylation sites is 1. The van der Waals surface area contributed by atoms with Crippen LogP contribution in [0.25, 0.3) is 10.9 Å². The van der Waals surface area contributed by atoms with Gasteiger partial charge in [0, 0.05) is 38.3 Å². The summed E-state index contributed by atoms with van der Waals surface area (Å²) in [6, 6.07) is 9.15. The van der Waals surface area contributed by atoms with Crippen LogP contribution in [0.15, 0.2) is 36.5 Å². The van der Waals surface area contributed by atoms with Crippen molar-refractivity contribution in [1.29, 1.82) is 0 Å². The third-order valence-corrected chi connectivity index (χ3v) is 6.03. The van der Waals surface area contributed by atoms with E-state index in [1.165, 1.54) is 4.90 Å². The molecule has 4 rings (SSSR count). The number of imide groups is 1. The Morgan fingerprint density at radius 2 is 1.83 bits per heavy atom. The Hall–Kier alpha value is -2.96. The van der Waals surface area contributed by atoms with E-state index in [9.17, 15) is 14.4 Å². The van der Waals surface area contributed by atoms with Crippen molar-refractivity contribution in [2.45, 2.75) is 32.2 Å². The van der Waals surface area contributed by atoms with Crippen LogP contribution in [0.1, 0.15) is 37.0 Å². The Bertz CT molecular complexity index is 974.